The van der Waals surface area contributed by atoms with E-state index < -0.39 is 5.91 Å². The number of hydrogen-bond donors (Lipinski definition) is 2. The quantitative estimate of drug-likeness (QED) is 0.439. The predicted octanol–water partition coefficient (Wildman–Crippen LogP) is 1.81. The monoisotopic (exact) mass is 331 g/mol. The molecule has 0 heterocycles. The van der Waals surface area contributed by atoms with Gasteiger partial charge in [-0.1, -0.05) is 41.6 Å². The first kappa shape index (κ1) is 17.3. The van der Waals surface area contributed by atoms with Crippen molar-refractivity contribution in [2.45, 2.75) is 6.54 Å². The fraction of sp³-hybridized carbons (Fsp3) is 0.176. The van der Waals surface area contributed by atoms with Gasteiger partial charge in [0.15, 0.2) is 12.4 Å². The molecule has 0 aliphatic heterocycles. The van der Waals surface area contributed by atoms with Gasteiger partial charge < -0.3 is 20.6 Å². The Morgan fingerprint density at radius 2 is 1.79 bits per heavy atom. The molecule has 3 N–H and O–H groups in total. The molecule has 2 aromatic carbocycles. The van der Waals surface area contributed by atoms with Crippen molar-refractivity contribution in [1.29, 1.82) is 0 Å². The minimum atomic E-state index is -0.432. The number of ether oxygens (including phenoxy) is 1. The first-order chi connectivity index (χ1) is 11.6. The third kappa shape index (κ3) is 5.96. The Bertz CT molecular complexity index is 692. The molecular formula is C17H18FN3O3. The van der Waals surface area contributed by atoms with E-state index in [1.54, 1.807) is 30.3 Å². The van der Waals surface area contributed by atoms with Crippen molar-refractivity contribution < 1.29 is 18.8 Å². The molecule has 0 saturated carbocycles. The average Bonchev–Trinajstić information content (AvgIpc) is 2.60. The second kappa shape index (κ2) is 9.14. The zero-order valence-corrected chi connectivity index (χ0v) is 12.9. The lowest BCUT2D eigenvalue weighted by atomic mass is 10.2. The van der Waals surface area contributed by atoms with Gasteiger partial charge in [0.2, 0.25) is 0 Å². The van der Waals surface area contributed by atoms with Crippen LogP contribution < -0.4 is 15.8 Å². The van der Waals surface area contributed by atoms with Crippen LogP contribution in [0.25, 0.3) is 0 Å². The van der Waals surface area contributed by atoms with Crippen molar-refractivity contribution in [3.63, 3.8) is 0 Å². The highest BCUT2D eigenvalue weighted by atomic mass is 19.1. The van der Waals surface area contributed by atoms with Gasteiger partial charge in [0.25, 0.3) is 5.91 Å². The molecule has 24 heavy (non-hydrogen) atoms. The number of amides is 1. The van der Waals surface area contributed by atoms with Crippen molar-refractivity contribution >= 4 is 11.7 Å². The summed E-state index contributed by atoms with van der Waals surface area (Å²) in [6.45, 7) is -0.202. The first-order valence-corrected chi connectivity index (χ1v) is 7.27. The molecule has 126 valence electrons. The molecule has 0 aliphatic rings. The van der Waals surface area contributed by atoms with Crippen LogP contribution in [0.1, 0.15) is 5.56 Å². The van der Waals surface area contributed by atoms with Crippen molar-refractivity contribution in [3.05, 3.63) is 66.0 Å². The minimum Gasteiger partial charge on any atom is -0.486 e. The van der Waals surface area contributed by atoms with Crippen molar-refractivity contribution in [2.24, 2.45) is 10.9 Å². The second-order valence-corrected chi connectivity index (χ2v) is 4.83. The van der Waals surface area contributed by atoms with Gasteiger partial charge in [0.1, 0.15) is 18.2 Å². The Morgan fingerprint density at radius 3 is 2.54 bits per heavy atom. The zero-order chi connectivity index (χ0) is 17.2. The van der Waals surface area contributed by atoms with Gasteiger partial charge in [-0.15, -0.1) is 0 Å². The number of halogens is 1. The van der Waals surface area contributed by atoms with Crippen molar-refractivity contribution in [1.82, 2.24) is 5.32 Å². The highest BCUT2D eigenvalue weighted by molar-refractivity contribution is 5.81. The van der Waals surface area contributed by atoms with E-state index in [0.717, 1.165) is 0 Å². The van der Waals surface area contributed by atoms with Crippen LogP contribution in [0.15, 0.2) is 59.8 Å². The summed E-state index contributed by atoms with van der Waals surface area (Å²) in [5, 5.41) is 6.11. The van der Waals surface area contributed by atoms with E-state index in [9.17, 15) is 9.18 Å². The van der Waals surface area contributed by atoms with Crippen molar-refractivity contribution in [2.75, 3.05) is 13.2 Å². The summed E-state index contributed by atoms with van der Waals surface area (Å²) in [7, 11) is 0. The van der Waals surface area contributed by atoms with Crippen LogP contribution >= 0.6 is 0 Å². The normalized spacial score (nSPS) is 11.0. The van der Waals surface area contributed by atoms with Crippen LogP contribution in [-0.2, 0) is 16.2 Å². The molecule has 0 atom stereocenters. The van der Waals surface area contributed by atoms with Gasteiger partial charge in [0.05, 0.1) is 0 Å². The van der Waals surface area contributed by atoms with Gasteiger partial charge in [-0.05, 0) is 18.2 Å². The van der Waals surface area contributed by atoms with Gasteiger partial charge in [0, 0.05) is 12.1 Å². The molecule has 0 spiro atoms. The fourth-order valence-corrected chi connectivity index (χ4v) is 1.76. The maximum absolute atomic E-state index is 13.4. The van der Waals surface area contributed by atoms with Crippen molar-refractivity contribution in [3.8, 4) is 5.75 Å². The molecule has 7 heteroatoms. The number of carbonyl (C=O) groups excluding carboxylic acids is 1. The topological polar surface area (TPSA) is 85.9 Å². The number of carbonyl (C=O) groups is 1. The summed E-state index contributed by atoms with van der Waals surface area (Å²) in [4.78, 5) is 16.4. The average molecular weight is 331 g/mol. The Labute approximate surface area is 139 Å². The van der Waals surface area contributed by atoms with E-state index in [1.165, 1.54) is 6.07 Å². The molecule has 0 aromatic heterocycles. The number of rotatable bonds is 8. The molecule has 2 aromatic rings. The van der Waals surface area contributed by atoms with E-state index >= 15 is 0 Å². The second-order valence-electron chi connectivity index (χ2n) is 4.83. The lowest BCUT2D eigenvalue weighted by Gasteiger charge is -2.07. The number of benzene rings is 2. The third-order valence-corrected chi connectivity index (χ3v) is 2.94. The molecule has 1 amide bonds. The molecule has 0 radical (unpaired) electrons. The number of nitrogens with two attached hydrogens (primary N) is 1. The third-order valence-electron chi connectivity index (χ3n) is 2.94. The molecule has 6 nitrogen and oxygen atoms in total. The highest BCUT2D eigenvalue weighted by Crippen LogP contribution is 2.07. The van der Waals surface area contributed by atoms with E-state index in [-0.39, 0.29) is 31.4 Å². The molecule has 0 aliphatic carbocycles. The molecule has 0 unspecified atom stereocenters. The number of hydrogen-bond acceptors (Lipinski definition) is 4. The van der Waals surface area contributed by atoms with E-state index in [0.29, 0.717) is 11.3 Å². The summed E-state index contributed by atoms with van der Waals surface area (Å²) in [6, 6.07) is 15.3. The molecule has 0 bridgehead atoms. The van der Waals surface area contributed by atoms with E-state index in [4.69, 9.17) is 15.3 Å². The first-order valence-electron chi connectivity index (χ1n) is 7.27. The lowest BCUT2D eigenvalue weighted by molar-refractivity contribution is -0.125. The molecule has 2 rings (SSSR count). The Kier molecular flexibility index (Phi) is 6.58. The van der Waals surface area contributed by atoms with Crippen LogP contribution in [0.2, 0.25) is 0 Å². The number of amidine groups is 1. The van der Waals surface area contributed by atoms with E-state index in [1.807, 2.05) is 18.2 Å². The Morgan fingerprint density at radius 1 is 1.08 bits per heavy atom. The Balaban J connectivity index is 1.67. The fourth-order valence-electron chi connectivity index (χ4n) is 1.76. The summed E-state index contributed by atoms with van der Waals surface area (Å²) in [6.07, 6.45) is 0. The van der Waals surface area contributed by atoms with Gasteiger partial charge in [-0.2, -0.15) is 0 Å². The summed E-state index contributed by atoms with van der Waals surface area (Å²) in [5.41, 5.74) is 6.00. The van der Waals surface area contributed by atoms with E-state index in [2.05, 4.69) is 10.5 Å². The number of nitrogens with one attached hydrogen (secondary N) is 1. The van der Waals surface area contributed by atoms with Gasteiger partial charge >= 0.3 is 0 Å². The largest absolute Gasteiger partial charge is 0.486 e. The minimum absolute atomic E-state index is 0.0425. The van der Waals surface area contributed by atoms with Gasteiger partial charge in [-0.3, -0.25) is 4.79 Å². The SMILES string of the molecule is N/C(COc1ccccc1)=N\OCC(=O)NCc1ccccc1F. The maximum Gasteiger partial charge on any atom is 0.261 e. The summed E-state index contributed by atoms with van der Waals surface area (Å²) in [5.74, 6) is -0.0585. The molecular weight excluding hydrogens is 313 g/mol. The maximum atomic E-state index is 13.4. The molecule has 0 saturated heterocycles. The summed E-state index contributed by atoms with van der Waals surface area (Å²) >= 11 is 0. The van der Waals surface area contributed by atoms with Crippen LogP contribution in [0.4, 0.5) is 4.39 Å². The zero-order valence-electron chi connectivity index (χ0n) is 12.9. The highest BCUT2D eigenvalue weighted by Gasteiger charge is 2.05. The van der Waals surface area contributed by atoms with Crippen LogP contribution in [0, 0.1) is 5.82 Å². The molecule has 0 fully saturated rings. The van der Waals surface area contributed by atoms with Crippen LogP contribution in [0.3, 0.4) is 0 Å². The summed E-state index contributed by atoms with van der Waals surface area (Å²) < 4.78 is 18.8. The van der Waals surface area contributed by atoms with Gasteiger partial charge in [-0.25, -0.2) is 4.39 Å². The number of nitrogens with zero attached hydrogens (tertiary/aromatic N) is 1. The van der Waals surface area contributed by atoms with Crippen LogP contribution in [0.5, 0.6) is 5.75 Å². The lowest BCUT2D eigenvalue weighted by Crippen LogP contribution is -2.28. The number of para-hydroxylation sites is 1. The van der Waals surface area contributed by atoms with Crippen LogP contribution in [-0.4, -0.2) is 25.0 Å². The Hall–Kier alpha value is -3.09. The standard InChI is InChI=1S/C17H18FN3O3/c18-15-9-5-4-6-13(15)10-20-17(22)12-24-21-16(19)11-23-14-7-2-1-3-8-14/h1-9H,10-12H2,(H2,19,21)(H,20,22). The smallest absolute Gasteiger partial charge is 0.261 e. The number of oxime groups is 1. The predicted molar refractivity (Wildman–Crippen MR) is 87.8 cm³/mol.